The van der Waals surface area contributed by atoms with Gasteiger partial charge in [0, 0.05) is 18.7 Å². The summed E-state index contributed by atoms with van der Waals surface area (Å²) in [6, 6.07) is 16.5. The Bertz CT molecular complexity index is 1220. The Morgan fingerprint density at radius 1 is 1.12 bits per heavy atom. The first-order chi connectivity index (χ1) is 15.9. The smallest absolute Gasteiger partial charge is 0.243 e. The molecule has 1 atom stereocenters. The minimum absolute atomic E-state index is 0.191. The van der Waals surface area contributed by atoms with E-state index in [2.05, 4.69) is 10.2 Å². The molecule has 1 fully saturated rings. The molecule has 1 aliphatic rings. The van der Waals surface area contributed by atoms with Crippen molar-refractivity contribution in [3.05, 3.63) is 60.2 Å². The fourth-order valence-electron chi connectivity index (χ4n) is 3.45. The predicted octanol–water partition coefficient (Wildman–Crippen LogP) is 1.98. The zero-order valence-electron chi connectivity index (χ0n) is 18.1. The van der Waals surface area contributed by atoms with Crippen LogP contribution in [0.1, 0.15) is 12.5 Å². The van der Waals surface area contributed by atoms with Crippen LogP contribution in [0.5, 0.6) is 0 Å². The third-order valence-corrected chi connectivity index (χ3v) is 8.28. The minimum Gasteiger partial charge on any atom is -0.379 e. The molecule has 174 valence electrons. The summed E-state index contributed by atoms with van der Waals surface area (Å²) < 4.78 is 34.9. The monoisotopic (exact) mass is 487 g/mol. The molecule has 3 aromatic rings. The molecule has 2 N–H and O–H groups in total. The maximum absolute atomic E-state index is 13.1. The van der Waals surface area contributed by atoms with Crippen molar-refractivity contribution < 1.29 is 17.9 Å². The van der Waals surface area contributed by atoms with Crippen molar-refractivity contribution in [2.75, 3.05) is 26.3 Å². The Balaban J connectivity index is 1.73. The van der Waals surface area contributed by atoms with Crippen molar-refractivity contribution in [3.8, 4) is 11.4 Å². The Labute approximate surface area is 197 Å². The molecule has 0 spiro atoms. The quantitative estimate of drug-likeness (QED) is 0.482. The zero-order valence-corrected chi connectivity index (χ0v) is 19.8. The first-order valence-electron chi connectivity index (χ1n) is 10.5. The van der Waals surface area contributed by atoms with Gasteiger partial charge in [-0.15, -0.1) is 10.2 Å². The average Bonchev–Trinajstić information content (AvgIpc) is 3.22. The number of ether oxygens (including phenoxy) is 1. The second-order valence-electron chi connectivity index (χ2n) is 7.58. The highest BCUT2D eigenvalue weighted by atomic mass is 32.2. The number of thioether (sulfide) groups is 1. The van der Waals surface area contributed by atoms with Gasteiger partial charge in [0.2, 0.25) is 15.9 Å². The molecule has 2 aromatic carbocycles. The summed E-state index contributed by atoms with van der Waals surface area (Å²) in [5.74, 6) is 0.0615. The Morgan fingerprint density at radius 3 is 2.55 bits per heavy atom. The number of amides is 1. The molecule has 1 aliphatic heterocycles. The number of rotatable bonds is 8. The van der Waals surface area contributed by atoms with Crippen LogP contribution in [0.2, 0.25) is 0 Å². The standard InChI is InChI=1S/C22H25N5O4S2/c1-16(20(23)28)32-22-25-24-21(27(22)15-17-6-3-2-4-7-17)18-8-5-9-19(14-18)33(29,30)26-10-12-31-13-11-26/h2-9,14,16H,10-13,15H2,1H3,(H2,23,28)/t16-/m1/s1. The van der Waals surface area contributed by atoms with E-state index >= 15 is 0 Å². The minimum atomic E-state index is -3.66. The molecule has 0 unspecified atom stereocenters. The molecule has 0 aliphatic carbocycles. The predicted molar refractivity (Wildman–Crippen MR) is 125 cm³/mol. The van der Waals surface area contributed by atoms with Crippen molar-refractivity contribution in [2.24, 2.45) is 5.73 Å². The van der Waals surface area contributed by atoms with Crippen LogP contribution in [0.15, 0.2) is 64.6 Å². The van der Waals surface area contributed by atoms with Crippen LogP contribution in [0.25, 0.3) is 11.4 Å². The van der Waals surface area contributed by atoms with Crippen molar-refractivity contribution in [1.82, 2.24) is 19.1 Å². The van der Waals surface area contributed by atoms with E-state index in [0.717, 1.165) is 5.56 Å². The van der Waals surface area contributed by atoms with E-state index in [0.29, 0.717) is 49.4 Å². The van der Waals surface area contributed by atoms with E-state index < -0.39 is 21.2 Å². The number of nitrogens with zero attached hydrogens (tertiary/aromatic N) is 4. The lowest BCUT2D eigenvalue weighted by Crippen LogP contribution is -2.40. The van der Waals surface area contributed by atoms with Crippen LogP contribution in [0.4, 0.5) is 0 Å². The molecular weight excluding hydrogens is 462 g/mol. The van der Waals surface area contributed by atoms with Gasteiger partial charge in [0.25, 0.3) is 0 Å². The van der Waals surface area contributed by atoms with E-state index in [-0.39, 0.29) is 4.90 Å². The molecule has 1 amide bonds. The maximum Gasteiger partial charge on any atom is 0.243 e. The van der Waals surface area contributed by atoms with Gasteiger partial charge in [-0.3, -0.25) is 9.36 Å². The van der Waals surface area contributed by atoms with Crippen molar-refractivity contribution >= 4 is 27.7 Å². The molecule has 2 heterocycles. The number of hydrogen-bond donors (Lipinski definition) is 1. The molecule has 0 saturated carbocycles. The summed E-state index contributed by atoms with van der Waals surface area (Å²) in [4.78, 5) is 11.8. The number of primary amides is 1. The largest absolute Gasteiger partial charge is 0.379 e. The topological polar surface area (TPSA) is 120 Å². The van der Waals surface area contributed by atoms with Crippen LogP contribution in [0, 0.1) is 0 Å². The number of carbonyl (C=O) groups is 1. The number of morpholine rings is 1. The first kappa shape index (κ1) is 23.4. The van der Waals surface area contributed by atoms with E-state index in [4.69, 9.17) is 10.5 Å². The summed E-state index contributed by atoms with van der Waals surface area (Å²) in [6.45, 7) is 3.57. The fraction of sp³-hybridized carbons (Fsp3) is 0.318. The molecule has 33 heavy (non-hydrogen) atoms. The second-order valence-corrected chi connectivity index (χ2v) is 10.8. The van der Waals surface area contributed by atoms with Crippen LogP contribution in [0.3, 0.4) is 0 Å². The molecular formula is C22H25N5O4S2. The molecule has 9 nitrogen and oxygen atoms in total. The summed E-state index contributed by atoms with van der Waals surface area (Å²) in [5.41, 5.74) is 7.08. The van der Waals surface area contributed by atoms with Gasteiger partial charge in [0.1, 0.15) is 0 Å². The normalized spacial score (nSPS) is 15.9. The lowest BCUT2D eigenvalue weighted by Gasteiger charge is -2.26. The van der Waals surface area contributed by atoms with Gasteiger partial charge in [0.15, 0.2) is 11.0 Å². The number of carbonyl (C=O) groups excluding carboxylic acids is 1. The van der Waals surface area contributed by atoms with E-state index in [9.17, 15) is 13.2 Å². The summed E-state index contributed by atoms with van der Waals surface area (Å²) in [7, 11) is -3.66. The Morgan fingerprint density at radius 2 is 1.85 bits per heavy atom. The number of sulfonamides is 1. The average molecular weight is 488 g/mol. The van der Waals surface area contributed by atoms with E-state index in [1.165, 1.54) is 16.1 Å². The van der Waals surface area contributed by atoms with E-state index in [1.54, 1.807) is 31.2 Å². The third kappa shape index (κ3) is 5.27. The van der Waals surface area contributed by atoms with Crippen LogP contribution in [-0.4, -0.2) is 64.9 Å². The first-order valence-corrected chi connectivity index (χ1v) is 12.8. The van der Waals surface area contributed by atoms with Crippen molar-refractivity contribution in [1.29, 1.82) is 0 Å². The van der Waals surface area contributed by atoms with Crippen molar-refractivity contribution in [3.63, 3.8) is 0 Å². The summed E-state index contributed by atoms with van der Waals surface area (Å²) in [6.07, 6.45) is 0. The third-order valence-electron chi connectivity index (χ3n) is 5.28. The highest BCUT2D eigenvalue weighted by Crippen LogP contribution is 2.29. The summed E-state index contributed by atoms with van der Waals surface area (Å²) in [5, 5.41) is 8.66. The van der Waals surface area contributed by atoms with Gasteiger partial charge in [-0.2, -0.15) is 4.31 Å². The molecule has 4 rings (SSSR count). The van der Waals surface area contributed by atoms with Gasteiger partial charge < -0.3 is 10.5 Å². The molecule has 11 heteroatoms. The van der Waals surface area contributed by atoms with Gasteiger partial charge in [-0.05, 0) is 24.6 Å². The maximum atomic E-state index is 13.1. The van der Waals surface area contributed by atoms with Crippen LogP contribution < -0.4 is 5.73 Å². The highest BCUT2D eigenvalue weighted by molar-refractivity contribution is 8.00. The van der Waals surface area contributed by atoms with Crippen LogP contribution >= 0.6 is 11.8 Å². The molecule has 0 radical (unpaired) electrons. The SMILES string of the molecule is C[C@@H](Sc1nnc(-c2cccc(S(=O)(=O)N3CCOCC3)c2)n1Cc1ccccc1)C(N)=O. The Hall–Kier alpha value is -2.73. The highest BCUT2D eigenvalue weighted by Gasteiger charge is 2.27. The molecule has 0 bridgehead atoms. The lowest BCUT2D eigenvalue weighted by molar-refractivity contribution is -0.117. The van der Waals surface area contributed by atoms with Gasteiger partial charge in [-0.1, -0.05) is 54.2 Å². The number of hydrogen-bond acceptors (Lipinski definition) is 7. The summed E-state index contributed by atoms with van der Waals surface area (Å²) >= 11 is 1.22. The van der Waals surface area contributed by atoms with Gasteiger partial charge in [0.05, 0.1) is 29.9 Å². The van der Waals surface area contributed by atoms with Crippen molar-refractivity contribution in [2.45, 2.75) is 28.8 Å². The number of benzene rings is 2. The van der Waals surface area contributed by atoms with E-state index in [1.807, 2.05) is 34.9 Å². The molecule has 1 aromatic heterocycles. The zero-order chi connectivity index (χ0) is 23.4. The number of nitrogens with two attached hydrogens (primary N) is 1. The van der Waals surface area contributed by atoms with Gasteiger partial charge >= 0.3 is 0 Å². The van der Waals surface area contributed by atoms with Gasteiger partial charge in [-0.25, -0.2) is 8.42 Å². The Kier molecular flexibility index (Phi) is 7.13. The lowest BCUT2D eigenvalue weighted by atomic mass is 10.2. The number of aromatic nitrogens is 3. The fourth-order valence-corrected chi connectivity index (χ4v) is 5.70. The molecule has 1 saturated heterocycles. The second kappa shape index (κ2) is 10.0. The van der Waals surface area contributed by atoms with Crippen LogP contribution in [-0.2, 0) is 26.1 Å².